The van der Waals surface area contributed by atoms with Crippen LogP contribution in [-0.2, 0) is 16.0 Å². The second-order valence-corrected chi connectivity index (χ2v) is 8.86. The number of hydrogen-bond donors (Lipinski definition) is 0. The summed E-state index contributed by atoms with van der Waals surface area (Å²) in [6, 6.07) is 9.82. The van der Waals surface area contributed by atoms with E-state index >= 15 is 0 Å². The van der Waals surface area contributed by atoms with Crippen molar-refractivity contribution in [2.75, 3.05) is 40.0 Å². The lowest BCUT2D eigenvalue weighted by Crippen LogP contribution is -2.48. The van der Waals surface area contributed by atoms with Crippen molar-refractivity contribution in [3.63, 3.8) is 0 Å². The lowest BCUT2D eigenvalue weighted by atomic mass is 9.83. The Morgan fingerprint density at radius 3 is 2.41 bits per heavy atom. The average Bonchev–Trinajstić information content (AvgIpc) is 2.75. The normalized spacial score (nSPS) is 21.5. The highest BCUT2D eigenvalue weighted by atomic mass is 16.6. The number of methoxy groups -OCH3 is 1. The van der Waals surface area contributed by atoms with Gasteiger partial charge >= 0.3 is 6.09 Å². The Hall–Kier alpha value is -1.59. The molecule has 3 rings (SSSR count). The number of ether oxygens (including phenoxy) is 2. The number of amides is 1. The summed E-state index contributed by atoms with van der Waals surface area (Å²) in [7, 11) is 1.62. The predicted molar refractivity (Wildman–Crippen MR) is 116 cm³/mol. The fourth-order valence-electron chi connectivity index (χ4n) is 4.76. The van der Waals surface area contributed by atoms with Crippen molar-refractivity contribution in [2.45, 2.75) is 64.5 Å². The minimum absolute atomic E-state index is 0.189. The van der Waals surface area contributed by atoms with Gasteiger partial charge in [-0.1, -0.05) is 44.5 Å². The zero-order valence-corrected chi connectivity index (χ0v) is 18.4. The maximum atomic E-state index is 12.2. The van der Waals surface area contributed by atoms with Gasteiger partial charge in [-0.05, 0) is 55.2 Å². The van der Waals surface area contributed by atoms with Crippen LogP contribution in [0, 0.1) is 5.92 Å². The minimum atomic E-state index is -0.189. The molecule has 2 saturated heterocycles. The lowest BCUT2D eigenvalue weighted by Gasteiger charge is -2.43. The van der Waals surface area contributed by atoms with E-state index in [1.165, 1.54) is 36.9 Å². The Morgan fingerprint density at radius 1 is 1.03 bits per heavy atom. The second kappa shape index (κ2) is 11.0. The third-order valence-corrected chi connectivity index (χ3v) is 6.55. The zero-order valence-electron chi connectivity index (χ0n) is 18.4. The number of hydrogen-bond acceptors (Lipinski definition) is 4. The molecule has 1 aromatic carbocycles. The zero-order chi connectivity index (χ0) is 20.6. The smallest absolute Gasteiger partial charge is 0.409 e. The summed E-state index contributed by atoms with van der Waals surface area (Å²) in [5.41, 5.74) is 2.83. The van der Waals surface area contributed by atoms with Crippen molar-refractivity contribution >= 4 is 6.09 Å². The van der Waals surface area contributed by atoms with E-state index in [1.54, 1.807) is 7.11 Å². The summed E-state index contributed by atoms with van der Waals surface area (Å²) >= 11 is 0. The van der Waals surface area contributed by atoms with Crippen molar-refractivity contribution in [3.8, 4) is 0 Å². The van der Waals surface area contributed by atoms with Crippen LogP contribution in [0.4, 0.5) is 4.79 Å². The molecule has 0 spiro atoms. The monoisotopic (exact) mass is 402 g/mol. The fraction of sp³-hybridized carbons (Fsp3) is 0.708. The van der Waals surface area contributed by atoms with E-state index in [-0.39, 0.29) is 6.09 Å². The van der Waals surface area contributed by atoms with Crippen LogP contribution in [0.1, 0.15) is 63.0 Å². The van der Waals surface area contributed by atoms with Crippen LogP contribution >= 0.6 is 0 Å². The van der Waals surface area contributed by atoms with Crippen molar-refractivity contribution in [1.82, 2.24) is 9.80 Å². The van der Waals surface area contributed by atoms with Gasteiger partial charge in [-0.25, -0.2) is 4.79 Å². The molecule has 0 N–H and O–H groups in total. The van der Waals surface area contributed by atoms with E-state index in [0.717, 1.165) is 32.5 Å². The van der Waals surface area contributed by atoms with E-state index in [9.17, 15) is 4.79 Å². The molecule has 0 radical (unpaired) electrons. The fourth-order valence-corrected chi connectivity index (χ4v) is 4.76. The van der Waals surface area contributed by atoms with Crippen molar-refractivity contribution in [3.05, 3.63) is 35.4 Å². The molecule has 2 fully saturated rings. The Morgan fingerprint density at radius 2 is 1.76 bits per heavy atom. The van der Waals surface area contributed by atoms with E-state index < -0.39 is 0 Å². The molecule has 29 heavy (non-hydrogen) atoms. The number of carbonyl (C=O) groups is 1. The first-order valence-electron chi connectivity index (χ1n) is 11.3. The van der Waals surface area contributed by atoms with Gasteiger partial charge in [0.05, 0.1) is 6.61 Å². The molecule has 1 aromatic rings. The summed E-state index contributed by atoms with van der Waals surface area (Å²) in [4.78, 5) is 16.7. The minimum Gasteiger partial charge on any atom is -0.447 e. The second-order valence-electron chi connectivity index (χ2n) is 8.86. The molecule has 0 aliphatic carbocycles. The summed E-state index contributed by atoms with van der Waals surface area (Å²) in [5.74, 6) is 1.26. The SMILES string of the molecule is COCCOC(=O)N1CCC(C2CCCCN2Cc2ccc(C(C)C)cc2)CC1. The topological polar surface area (TPSA) is 42.0 Å². The number of nitrogens with zero attached hydrogens (tertiary/aromatic N) is 2. The van der Waals surface area contributed by atoms with Crippen LogP contribution in [0.25, 0.3) is 0 Å². The maximum absolute atomic E-state index is 12.2. The largest absolute Gasteiger partial charge is 0.447 e. The molecular weight excluding hydrogens is 364 g/mol. The molecule has 5 nitrogen and oxygen atoms in total. The molecule has 0 bridgehead atoms. The Balaban J connectivity index is 1.53. The Kier molecular flexibility index (Phi) is 8.37. The number of rotatable bonds is 7. The average molecular weight is 403 g/mol. The van der Waals surface area contributed by atoms with E-state index in [4.69, 9.17) is 9.47 Å². The predicted octanol–water partition coefficient (Wildman–Crippen LogP) is 4.66. The van der Waals surface area contributed by atoms with Gasteiger partial charge in [-0.15, -0.1) is 0 Å². The molecule has 1 atom stereocenters. The highest BCUT2D eigenvalue weighted by molar-refractivity contribution is 5.67. The van der Waals surface area contributed by atoms with E-state index in [1.807, 2.05) is 4.90 Å². The molecule has 5 heteroatoms. The van der Waals surface area contributed by atoms with Gasteiger partial charge in [-0.2, -0.15) is 0 Å². The first-order chi connectivity index (χ1) is 14.1. The Labute approximate surface area is 176 Å². The van der Waals surface area contributed by atoms with Gasteiger partial charge in [0.2, 0.25) is 0 Å². The lowest BCUT2D eigenvalue weighted by molar-refractivity contribution is 0.0387. The van der Waals surface area contributed by atoms with Gasteiger partial charge in [0, 0.05) is 32.8 Å². The molecule has 1 amide bonds. The highest BCUT2D eigenvalue weighted by Crippen LogP contribution is 2.32. The van der Waals surface area contributed by atoms with Crippen LogP contribution in [-0.4, -0.2) is 61.9 Å². The first-order valence-corrected chi connectivity index (χ1v) is 11.3. The van der Waals surface area contributed by atoms with E-state index in [0.29, 0.717) is 31.1 Å². The number of carbonyl (C=O) groups excluding carboxylic acids is 1. The van der Waals surface area contributed by atoms with Crippen molar-refractivity contribution in [1.29, 1.82) is 0 Å². The van der Waals surface area contributed by atoms with Gasteiger partial charge in [0.1, 0.15) is 6.61 Å². The summed E-state index contributed by atoms with van der Waals surface area (Å²) < 4.78 is 10.2. The first kappa shape index (κ1) is 22.1. The molecule has 0 aromatic heterocycles. The molecule has 2 heterocycles. The third kappa shape index (κ3) is 6.19. The summed E-state index contributed by atoms with van der Waals surface area (Å²) in [5, 5.41) is 0. The number of benzene rings is 1. The van der Waals surface area contributed by atoms with Gasteiger partial charge in [-0.3, -0.25) is 4.90 Å². The van der Waals surface area contributed by atoms with Crippen LogP contribution in [0.15, 0.2) is 24.3 Å². The molecule has 2 aliphatic rings. The number of piperidine rings is 2. The van der Waals surface area contributed by atoms with Crippen LogP contribution < -0.4 is 0 Å². The molecule has 1 unspecified atom stereocenters. The molecular formula is C24H38N2O3. The quantitative estimate of drug-likeness (QED) is 0.622. The van der Waals surface area contributed by atoms with Crippen molar-refractivity contribution in [2.24, 2.45) is 5.92 Å². The van der Waals surface area contributed by atoms with E-state index in [2.05, 4.69) is 43.0 Å². The van der Waals surface area contributed by atoms with Gasteiger partial charge < -0.3 is 14.4 Å². The molecule has 0 saturated carbocycles. The van der Waals surface area contributed by atoms with Crippen LogP contribution in [0.3, 0.4) is 0 Å². The van der Waals surface area contributed by atoms with Crippen LogP contribution in [0.2, 0.25) is 0 Å². The maximum Gasteiger partial charge on any atom is 0.409 e. The standard InChI is InChI=1S/C24H38N2O3/c1-19(2)21-9-7-20(8-10-21)18-26-13-5-4-6-23(26)22-11-14-25(15-12-22)24(27)29-17-16-28-3/h7-10,19,22-23H,4-6,11-18H2,1-3H3. The third-order valence-electron chi connectivity index (χ3n) is 6.55. The van der Waals surface area contributed by atoms with Gasteiger partial charge in [0.15, 0.2) is 0 Å². The van der Waals surface area contributed by atoms with Crippen LogP contribution in [0.5, 0.6) is 0 Å². The van der Waals surface area contributed by atoms with Crippen molar-refractivity contribution < 1.29 is 14.3 Å². The summed E-state index contributed by atoms with van der Waals surface area (Å²) in [6.45, 7) is 9.13. The highest BCUT2D eigenvalue weighted by Gasteiger charge is 2.33. The molecule has 2 aliphatic heterocycles. The van der Waals surface area contributed by atoms with Gasteiger partial charge in [0.25, 0.3) is 0 Å². The summed E-state index contributed by atoms with van der Waals surface area (Å²) in [6.07, 6.45) is 5.87. The number of likely N-dealkylation sites (tertiary alicyclic amines) is 2. The Bertz CT molecular complexity index is 624. The molecule has 162 valence electrons.